The molecule has 0 aliphatic rings. The van der Waals surface area contributed by atoms with Crippen molar-refractivity contribution in [1.82, 2.24) is 0 Å². The third-order valence-corrected chi connectivity index (χ3v) is 0.348. The predicted octanol–water partition coefficient (Wildman–Crippen LogP) is -1.53. The summed E-state index contributed by atoms with van der Waals surface area (Å²) in [5.41, 5.74) is 9.11. The van der Waals surface area contributed by atoms with Crippen LogP contribution in [0.4, 0.5) is 0 Å². The monoisotopic (exact) mass is 220 g/mol. The van der Waals surface area contributed by atoms with Gasteiger partial charge in [0.15, 0.2) is 0 Å². The Hall–Kier alpha value is 0.536. The van der Waals surface area contributed by atoms with E-state index in [0.29, 0.717) is 0 Å². The molecule has 0 rings (SSSR count). The normalized spacial score (nSPS) is 6.83. The zero-order chi connectivity index (χ0) is 9.44. The molecule has 66 valence electrons. The number of primary amides is 2. The SMILES string of the molecule is CC(=O)Cl.NC(=O)CC(N)=O.[KH]. The van der Waals surface area contributed by atoms with E-state index in [1.54, 1.807) is 0 Å². The first-order valence-electron chi connectivity index (χ1n) is 2.59. The van der Waals surface area contributed by atoms with E-state index in [1.807, 2.05) is 0 Å². The number of carbonyl (C=O) groups is 3. The Labute approximate surface area is 118 Å². The number of hydrogen-bond acceptors (Lipinski definition) is 3. The Morgan fingerprint density at radius 3 is 1.33 bits per heavy atom. The maximum absolute atomic E-state index is 9.73. The third-order valence-electron chi connectivity index (χ3n) is 0.348. The fourth-order valence-electron chi connectivity index (χ4n) is 0.172. The minimum absolute atomic E-state index is 0. The number of halogens is 1. The molecule has 0 atom stereocenters. The molecule has 0 aromatic rings. The first kappa shape index (κ1) is 18.3. The van der Waals surface area contributed by atoms with Crippen molar-refractivity contribution in [3.05, 3.63) is 0 Å². The first-order valence-corrected chi connectivity index (χ1v) is 2.96. The fourth-order valence-corrected chi connectivity index (χ4v) is 0.172. The van der Waals surface area contributed by atoms with Gasteiger partial charge in [-0.3, -0.25) is 14.4 Å². The second kappa shape index (κ2) is 11.5. The zero-order valence-electron chi connectivity index (χ0n) is 5.96. The van der Waals surface area contributed by atoms with E-state index in [2.05, 4.69) is 23.1 Å². The van der Waals surface area contributed by atoms with Crippen molar-refractivity contribution in [3.63, 3.8) is 0 Å². The van der Waals surface area contributed by atoms with E-state index in [1.165, 1.54) is 6.92 Å². The molecule has 0 radical (unpaired) electrons. The van der Waals surface area contributed by atoms with Crippen LogP contribution in [0.15, 0.2) is 0 Å². The average Bonchev–Trinajstić information content (AvgIpc) is 1.56. The van der Waals surface area contributed by atoms with Crippen LogP contribution in [0.3, 0.4) is 0 Å². The summed E-state index contributed by atoms with van der Waals surface area (Å²) in [6, 6.07) is 0. The summed E-state index contributed by atoms with van der Waals surface area (Å²) >= 11 is 4.64. The second-order valence-electron chi connectivity index (χ2n) is 1.58. The topological polar surface area (TPSA) is 103 Å². The summed E-state index contributed by atoms with van der Waals surface area (Å²) in [4.78, 5) is 28.7. The van der Waals surface area contributed by atoms with Gasteiger partial charge in [0.05, 0.1) is 0 Å². The molecule has 0 fully saturated rings. The van der Waals surface area contributed by atoms with Gasteiger partial charge in [0, 0.05) is 6.92 Å². The third kappa shape index (κ3) is 46.6. The van der Waals surface area contributed by atoms with Crippen molar-refractivity contribution in [2.75, 3.05) is 0 Å². The summed E-state index contributed by atoms with van der Waals surface area (Å²) in [7, 11) is 0. The van der Waals surface area contributed by atoms with Crippen LogP contribution >= 0.6 is 11.6 Å². The summed E-state index contributed by atoms with van der Waals surface area (Å²) in [6.45, 7) is 1.29. The molecule has 5 nitrogen and oxygen atoms in total. The zero-order valence-corrected chi connectivity index (χ0v) is 6.72. The molecule has 0 unspecified atom stereocenters. The van der Waals surface area contributed by atoms with E-state index >= 15 is 0 Å². The van der Waals surface area contributed by atoms with Crippen LogP contribution in [0, 0.1) is 0 Å². The summed E-state index contributed by atoms with van der Waals surface area (Å²) in [5.74, 6) is -1.37. The van der Waals surface area contributed by atoms with E-state index in [4.69, 9.17) is 0 Å². The van der Waals surface area contributed by atoms with Gasteiger partial charge in [0.25, 0.3) is 0 Å². The van der Waals surface area contributed by atoms with Crippen molar-refractivity contribution < 1.29 is 14.4 Å². The van der Waals surface area contributed by atoms with Crippen molar-refractivity contribution in [2.24, 2.45) is 11.5 Å². The van der Waals surface area contributed by atoms with E-state index in [9.17, 15) is 14.4 Å². The van der Waals surface area contributed by atoms with Crippen LogP contribution in [0.2, 0.25) is 0 Å². The Kier molecular flexibility index (Phi) is 17.6. The van der Waals surface area contributed by atoms with Gasteiger partial charge in [-0.15, -0.1) is 0 Å². The summed E-state index contributed by atoms with van der Waals surface area (Å²) < 4.78 is 0. The Balaban J connectivity index is -0.000000142. The molecular formula is C5H10ClKN2O3. The van der Waals surface area contributed by atoms with Crippen LogP contribution in [0.1, 0.15) is 13.3 Å². The number of rotatable bonds is 2. The molecule has 0 saturated heterocycles. The van der Waals surface area contributed by atoms with Crippen LogP contribution in [-0.4, -0.2) is 68.4 Å². The van der Waals surface area contributed by atoms with E-state index in [-0.39, 0.29) is 63.0 Å². The van der Waals surface area contributed by atoms with E-state index in [0.717, 1.165) is 0 Å². The average molecular weight is 221 g/mol. The van der Waals surface area contributed by atoms with Crippen molar-refractivity contribution >= 4 is 80.0 Å². The minimum atomic E-state index is -0.687. The van der Waals surface area contributed by atoms with Crippen LogP contribution in [-0.2, 0) is 14.4 Å². The Morgan fingerprint density at radius 1 is 1.17 bits per heavy atom. The first-order chi connectivity index (χ1) is 4.86. The van der Waals surface area contributed by atoms with Gasteiger partial charge in [-0.05, 0) is 11.6 Å². The molecule has 0 bridgehead atoms. The molecule has 0 aromatic carbocycles. The molecule has 0 spiro atoms. The molecule has 0 aliphatic carbocycles. The molecule has 12 heavy (non-hydrogen) atoms. The Bertz CT molecular complexity index is 158. The van der Waals surface area contributed by atoms with Gasteiger partial charge in [0.1, 0.15) is 6.42 Å². The number of nitrogens with two attached hydrogens (primary N) is 2. The molecule has 7 heteroatoms. The number of carbonyl (C=O) groups excluding carboxylic acids is 3. The molecule has 0 aromatic heterocycles. The predicted molar refractivity (Wildman–Crippen MR) is 46.7 cm³/mol. The van der Waals surface area contributed by atoms with Crippen LogP contribution in [0.5, 0.6) is 0 Å². The van der Waals surface area contributed by atoms with Gasteiger partial charge in [-0.2, -0.15) is 0 Å². The van der Waals surface area contributed by atoms with Crippen LogP contribution in [0.25, 0.3) is 0 Å². The van der Waals surface area contributed by atoms with E-state index < -0.39 is 11.8 Å². The standard InChI is InChI=1S/C3H6N2O2.C2H3ClO.K.H/c4-2(6)1-3(5)7;1-2(3)4;;/h1H2,(H2,4,6)(H2,5,7);1H3;;. The molecule has 0 saturated carbocycles. The molecule has 2 amide bonds. The van der Waals surface area contributed by atoms with Gasteiger partial charge in [-0.25, -0.2) is 0 Å². The fraction of sp³-hybridized carbons (Fsp3) is 0.400. The summed E-state index contributed by atoms with van der Waals surface area (Å²) in [5, 5.41) is -0.361. The molecule has 4 N–H and O–H groups in total. The van der Waals surface area contributed by atoms with Crippen LogP contribution < -0.4 is 11.5 Å². The van der Waals surface area contributed by atoms with Gasteiger partial charge < -0.3 is 11.5 Å². The number of hydrogen-bond donors (Lipinski definition) is 2. The van der Waals surface area contributed by atoms with Gasteiger partial charge >= 0.3 is 51.4 Å². The quantitative estimate of drug-likeness (QED) is 0.335. The maximum atomic E-state index is 9.73. The van der Waals surface area contributed by atoms with Crippen molar-refractivity contribution in [1.29, 1.82) is 0 Å². The Morgan fingerprint density at radius 2 is 1.33 bits per heavy atom. The number of amides is 2. The molecular weight excluding hydrogens is 211 g/mol. The molecule has 0 heterocycles. The van der Waals surface area contributed by atoms with Gasteiger partial charge in [-0.1, -0.05) is 0 Å². The molecule has 0 aliphatic heterocycles. The van der Waals surface area contributed by atoms with Crippen molar-refractivity contribution in [2.45, 2.75) is 13.3 Å². The summed E-state index contributed by atoms with van der Waals surface area (Å²) in [6.07, 6.45) is -0.361. The van der Waals surface area contributed by atoms with Gasteiger partial charge in [0.2, 0.25) is 17.1 Å². The van der Waals surface area contributed by atoms with Crippen molar-refractivity contribution in [3.8, 4) is 0 Å². The second-order valence-corrected chi connectivity index (χ2v) is 2.11.